The summed E-state index contributed by atoms with van der Waals surface area (Å²) in [7, 11) is 0. The molecule has 2 aromatic rings. The van der Waals surface area contributed by atoms with Crippen LogP contribution in [-0.4, -0.2) is 9.36 Å². The third-order valence-electron chi connectivity index (χ3n) is 1.49. The number of furan rings is 1. The third-order valence-corrected chi connectivity index (χ3v) is 2.51. The van der Waals surface area contributed by atoms with Crippen LogP contribution in [0.3, 0.4) is 0 Å². The first-order valence-electron chi connectivity index (χ1n) is 3.31. The number of halogens is 1. The second-order valence-electron chi connectivity index (χ2n) is 2.26. The molecule has 0 atom stereocenters. The fourth-order valence-electron chi connectivity index (χ4n) is 0.922. The molecule has 5 heteroatoms. The van der Waals surface area contributed by atoms with Crippen LogP contribution in [0, 0.1) is 6.92 Å². The Balaban J connectivity index is 2.50. The SMILES string of the molecule is Cc1occc1-c1nc(Cl)ns1. The van der Waals surface area contributed by atoms with E-state index in [1.807, 2.05) is 13.0 Å². The lowest BCUT2D eigenvalue weighted by atomic mass is 10.3. The highest BCUT2D eigenvalue weighted by Crippen LogP contribution is 2.26. The summed E-state index contributed by atoms with van der Waals surface area (Å²) >= 11 is 6.86. The molecule has 2 aromatic heterocycles. The predicted octanol–water partition coefficient (Wildman–Crippen LogP) is 2.76. The van der Waals surface area contributed by atoms with Crippen molar-refractivity contribution in [3.8, 4) is 10.6 Å². The monoisotopic (exact) mass is 200 g/mol. The average Bonchev–Trinajstić information content (AvgIpc) is 2.58. The molecule has 0 radical (unpaired) electrons. The first-order valence-corrected chi connectivity index (χ1v) is 4.46. The molecule has 0 aliphatic heterocycles. The molecular weight excluding hydrogens is 196 g/mol. The van der Waals surface area contributed by atoms with E-state index in [-0.39, 0.29) is 5.28 Å². The van der Waals surface area contributed by atoms with Gasteiger partial charge in [-0.1, -0.05) is 0 Å². The van der Waals surface area contributed by atoms with E-state index in [2.05, 4.69) is 9.36 Å². The van der Waals surface area contributed by atoms with E-state index >= 15 is 0 Å². The van der Waals surface area contributed by atoms with Gasteiger partial charge in [-0.3, -0.25) is 0 Å². The summed E-state index contributed by atoms with van der Waals surface area (Å²) in [5, 5.41) is 1.09. The fraction of sp³-hybridized carbons (Fsp3) is 0.143. The summed E-state index contributed by atoms with van der Waals surface area (Å²) in [5.74, 6) is 0.836. The van der Waals surface area contributed by atoms with E-state index in [4.69, 9.17) is 16.0 Å². The molecule has 0 aliphatic rings. The number of hydrogen-bond acceptors (Lipinski definition) is 4. The molecule has 0 saturated carbocycles. The Bertz CT molecular complexity index is 396. The summed E-state index contributed by atoms with van der Waals surface area (Å²) in [6.07, 6.45) is 1.62. The van der Waals surface area contributed by atoms with Crippen LogP contribution in [0.15, 0.2) is 16.7 Å². The topological polar surface area (TPSA) is 38.9 Å². The fourth-order valence-corrected chi connectivity index (χ4v) is 1.80. The van der Waals surface area contributed by atoms with Crippen molar-refractivity contribution in [1.29, 1.82) is 0 Å². The Morgan fingerprint density at radius 3 is 2.92 bits per heavy atom. The van der Waals surface area contributed by atoms with Gasteiger partial charge in [-0.25, -0.2) is 4.98 Å². The van der Waals surface area contributed by atoms with Crippen molar-refractivity contribution in [3.05, 3.63) is 23.4 Å². The van der Waals surface area contributed by atoms with Crippen molar-refractivity contribution in [3.63, 3.8) is 0 Å². The largest absolute Gasteiger partial charge is 0.469 e. The molecule has 12 heavy (non-hydrogen) atoms. The van der Waals surface area contributed by atoms with Crippen LogP contribution in [0.25, 0.3) is 10.6 Å². The quantitative estimate of drug-likeness (QED) is 0.711. The molecule has 62 valence electrons. The predicted molar refractivity (Wildman–Crippen MR) is 47.4 cm³/mol. The van der Waals surface area contributed by atoms with E-state index in [1.165, 1.54) is 11.5 Å². The van der Waals surface area contributed by atoms with Gasteiger partial charge in [0, 0.05) is 0 Å². The summed E-state index contributed by atoms with van der Waals surface area (Å²) < 4.78 is 8.99. The number of aryl methyl sites for hydroxylation is 1. The maximum absolute atomic E-state index is 5.59. The van der Waals surface area contributed by atoms with Crippen LogP contribution >= 0.6 is 23.1 Å². The van der Waals surface area contributed by atoms with Crippen molar-refractivity contribution in [2.45, 2.75) is 6.92 Å². The molecule has 0 aromatic carbocycles. The van der Waals surface area contributed by atoms with E-state index < -0.39 is 0 Å². The highest BCUT2D eigenvalue weighted by molar-refractivity contribution is 7.09. The van der Waals surface area contributed by atoms with Crippen LogP contribution in [-0.2, 0) is 0 Å². The van der Waals surface area contributed by atoms with Gasteiger partial charge in [-0.2, -0.15) is 4.37 Å². The lowest BCUT2D eigenvalue weighted by molar-refractivity contribution is 0.535. The molecule has 2 rings (SSSR count). The summed E-state index contributed by atoms with van der Waals surface area (Å²) in [6.45, 7) is 1.88. The zero-order chi connectivity index (χ0) is 8.55. The smallest absolute Gasteiger partial charge is 0.234 e. The highest BCUT2D eigenvalue weighted by atomic mass is 35.5. The molecule has 0 amide bonds. The van der Waals surface area contributed by atoms with Crippen molar-refractivity contribution in [1.82, 2.24) is 9.36 Å². The standard InChI is InChI=1S/C7H5ClN2OS/c1-4-5(2-3-11-4)6-9-7(8)10-12-6/h2-3H,1H3. The first-order chi connectivity index (χ1) is 5.77. The Morgan fingerprint density at radius 1 is 1.58 bits per heavy atom. The Hall–Kier alpha value is -0.870. The zero-order valence-corrected chi connectivity index (χ0v) is 7.82. The van der Waals surface area contributed by atoms with Gasteiger partial charge in [0.25, 0.3) is 0 Å². The molecule has 0 spiro atoms. The lowest BCUT2D eigenvalue weighted by Crippen LogP contribution is -1.73. The Labute approximate surface area is 78.2 Å². The van der Waals surface area contributed by atoms with E-state index in [1.54, 1.807) is 6.26 Å². The van der Waals surface area contributed by atoms with Gasteiger partial charge in [0.1, 0.15) is 10.8 Å². The number of nitrogens with zero attached hydrogens (tertiary/aromatic N) is 2. The van der Waals surface area contributed by atoms with Crippen LogP contribution < -0.4 is 0 Å². The van der Waals surface area contributed by atoms with Gasteiger partial charge in [0.15, 0.2) is 0 Å². The highest BCUT2D eigenvalue weighted by Gasteiger charge is 2.09. The lowest BCUT2D eigenvalue weighted by Gasteiger charge is -1.88. The summed E-state index contributed by atoms with van der Waals surface area (Å²) in [6, 6.07) is 1.85. The third kappa shape index (κ3) is 1.23. The van der Waals surface area contributed by atoms with Crippen LogP contribution in [0.4, 0.5) is 0 Å². The van der Waals surface area contributed by atoms with Gasteiger partial charge in [-0.05, 0) is 36.1 Å². The molecule has 0 N–H and O–H groups in total. The molecule has 0 unspecified atom stereocenters. The van der Waals surface area contributed by atoms with Crippen LogP contribution in [0.5, 0.6) is 0 Å². The Morgan fingerprint density at radius 2 is 2.42 bits per heavy atom. The second-order valence-corrected chi connectivity index (χ2v) is 3.35. The normalized spacial score (nSPS) is 10.5. The van der Waals surface area contributed by atoms with Gasteiger partial charge in [-0.15, -0.1) is 0 Å². The maximum Gasteiger partial charge on any atom is 0.234 e. The molecule has 0 bridgehead atoms. The average molecular weight is 201 g/mol. The summed E-state index contributed by atoms with van der Waals surface area (Å²) in [4.78, 5) is 4.03. The van der Waals surface area contributed by atoms with Gasteiger partial charge >= 0.3 is 0 Å². The molecular formula is C7H5ClN2OS. The zero-order valence-electron chi connectivity index (χ0n) is 6.24. The van der Waals surface area contributed by atoms with Crippen molar-refractivity contribution < 1.29 is 4.42 Å². The van der Waals surface area contributed by atoms with Crippen molar-refractivity contribution in [2.24, 2.45) is 0 Å². The van der Waals surface area contributed by atoms with Crippen LogP contribution in [0.2, 0.25) is 5.28 Å². The number of aromatic nitrogens is 2. The number of hydrogen-bond donors (Lipinski definition) is 0. The first kappa shape index (κ1) is 7.76. The van der Waals surface area contributed by atoms with Gasteiger partial charge in [0.05, 0.1) is 11.8 Å². The van der Waals surface area contributed by atoms with Gasteiger partial charge in [0.2, 0.25) is 5.28 Å². The van der Waals surface area contributed by atoms with Crippen molar-refractivity contribution in [2.75, 3.05) is 0 Å². The van der Waals surface area contributed by atoms with Crippen molar-refractivity contribution >= 4 is 23.1 Å². The molecule has 0 fully saturated rings. The van der Waals surface area contributed by atoms with E-state index in [9.17, 15) is 0 Å². The summed E-state index contributed by atoms with van der Waals surface area (Å²) in [5.41, 5.74) is 0.958. The number of rotatable bonds is 1. The maximum atomic E-state index is 5.59. The molecule has 2 heterocycles. The minimum atomic E-state index is 0.288. The second kappa shape index (κ2) is 2.88. The van der Waals surface area contributed by atoms with E-state index in [0.717, 1.165) is 16.3 Å². The minimum Gasteiger partial charge on any atom is -0.469 e. The van der Waals surface area contributed by atoms with Crippen LogP contribution in [0.1, 0.15) is 5.76 Å². The minimum absolute atomic E-state index is 0.288. The Kier molecular flexibility index (Phi) is 1.86. The molecule has 0 aliphatic carbocycles. The van der Waals surface area contributed by atoms with Gasteiger partial charge < -0.3 is 4.42 Å². The van der Waals surface area contributed by atoms with E-state index in [0.29, 0.717) is 0 Å². The molecule has 3 nitrogen and oxygen atoms in total. The molecule has 0 saturated heterocycles.